The van der Waals surface area contributed by atoms with E-state index in [-0.39, 0.29) is 12.5 Å². The maximum Gasteiger partial charge on any atom is 0.404 e. The third-order valence-electron chi connectivity index (χ3n) is 0.892. The number of aliphatic imine (C=N–C) groups is 1. The fourth-order valence-corrected chi connectivity index (χ4v) is 0.352. The van der Waals surface area contributed by atoms with Crippen molar-refractivity contribution in [3.63, 3.8) is 0 Å². The van der Waals surface area contributed by atoms with E-state index in [0.29, 0.717) is 6.61 Å². The van der Waals surface area contributed by atoms with Crippen LogP contribution in [0.1, 0.15) is 6.92 Å². The van der Waals surface area contributed by atoms with Crippen LogP contribution in [0.25, 0.3) is 0 Å². The minimum absolute atomic E-state index is 0.0694. The van der Waals surface area contributed by atoms with E-state index < -0.39 is 12.1 Å². The van der Waals surface area contributed by atoms with Crippen LogP contribution in [0.4, 0.5) is 4.79 Å². The van der Waals surface area contributed by atoms with Gasteiger partial charge in [-0.1, -0.05) is 6.58 Å². The number of rotatable bonds is 2. The van der Waals surface area contributed by atoms with Crippen molar-refractivity contribution >= 4 is 24.4 Å². The molecule has 1 rings (SSSR count). The minimum Gasteiger partial charge on any atom is -0.581 e. The molecule has 0 spiro atoms. The number of carboxylic acid groups (broad SMARTS) is 1. The molecular formula is C9H13N2O6-. The van der Waals surface area contributed by atoms with Crippen molar-refractivity contribution in [1.82, 2.24) is 0 Å². The highest BCUT2D eigenvalue weighted by Crippen LogP contribution is 1.83. The second kappa shape index (κ2) is 11.7. The predicted molar refractivity (Wildman–Crippen MR) is 57.4 cm³/mol. The molecule has 0 bridgehead atoms. The van der Waals surface area contributed by atoms with Gasteiger partial charge in [0, 0.05) is 12.5 Å². The zero-order chi connectivity index (χ0) is 13.7. The third-order valence-corrected chi connectivity index (χ3v) is 0.892. The molecule has 8 nitrogen and oxygen atoms in total. The Hall–Kier alpha value is -2.38. The zero-order valence-corrected chi connectivity index (χ0v) is 9.21. The molecule has 1 aliphatic heterocycles. The number of nitrogens with zero attached hydrogens (tertiary/aromatic N) is 1. The summed E-state index contributed by atoms with van der Waals surface area (Å²) >= 11 is 0. The number of carbonyl (C=O) groups is 3. The fourth-order valence-electron chi connectivity index (χ4n) is 0.352. The van der Waals surface area contributed by atoms with Crippen molar-refractivity contribution in [2.24, 2.45) is 10.7 Å². The number of ether oxygens (including phenoxy) is 2. The molecule has 1 heterocycles. The molecule has 0 radical (unpaired) electrons. The normalized spacial score (nSPS) is 11.0. The molecule has 0 aliphatic carbocycles. The average Bonchev–Trinajstić information content (AvgIpc) is 2.70. The lowest BCUT2D eigenvalue weighted by atomic mass is 10.7. The predicted octanol–water partition coefficient (Wildman–Crippen LogP) is -0.193. The molecule has 3 N–H and O–H groups in total. The Labute approximate surface area is 97.7 Å². The highest BCUT2D eigenvalue weighted by atomic mass is 16.5. The van der Waals surface area contributed by atoms with Crippen molar-refractivity contribution in [3.8, 4) is 0 Å². The van der Waals surface area contributed by atoms with Crippen molar-refractivity contribution < 1.29 is 29.0 Å². The number of aliphatic carboxylic acids is 1. The van der Waals surface area contributed by atoms with E-state index in [1.807, 2.05) is 6.40 Å². The zero-order valence-electron chi connectivity index (χ0n) is 9.21. The van der Waals surface area contributed by atoms with E-state index >= 15 is 0 Å². The lowest BCUT2D eigenvalue weighted by Gasteiger charge is -1.89. The summed E-state index contributed by atoms with van der Waals surface area (Å²) < 4.78 is 8.47. The average molecular weight is 245 g/mol. The smallest absolute Gasteiger partial charge is 0.404 e. The van der Waals surface area contributed by atoms with Crippen LogP contribution in [0.5, 0.6) is 0 Å². The summed E-state index contributed by atoms with van der Waals surface area (Å²) in [6.45, 7) is 5.09. The molecule has 2 amide bonds. The molecule has 0 fully saturated rings. The topological polar surface area (TPSA) is 128 Å². The Kier molecular flexibility index (Phi) is 11.7. The Morgan fingerprint density at radius 2 is 2.29 bits per heavy atom. The number of amides is 2. The lowest BCUT2D eigenvalue weighted by molar-refractivity contribution is -0.131. The molecule has 1 aliphatic rings. The van der Waals surface area contributed by atoms with Crippen molar-refractivity contribution in [2.45, 2.75) is 6.92 Å². The number of carboxylic acids is 1. The summed E-state index contributed by atoms with van der Waals surface area (Å²) in [7, 11) is 0. The van der Waals surface area contributed by atoms with Gasteiger partial charge >= 0.3 is 12.1 Å². The number of carbonyl (C=O) groups excluding carboxylic acids is 2. The van der Waals surface area contributed by atoms with Gasteiger partial charge < -0.3 is 30.1 Å². The van der Waals surface area contributed by atoms with Gasteiger partial charge in [0.15, 0.2) is 0 Å². The van der Waals surface area contributed by atoms with Gasteiger partial charge in [-0.3, -0.25) is 0 Å². The molecule has 0 aromatic rings. The first-order chi connectivity index (χ1) is 7.93. The summed E-state index contributed by atoms with van der Waals surface area (Å²) in [5, 5.41) is 7.60. The molecule has 0 unspecified atom stereocenters. The number of hydrogen-bond acceptors (Lipinski definition) is 5. The Balaban J connectivity index is 0. The third kappa shape index (κ3) is 19.9. The van der Waals surface area contributed by atoms with Gasteiger partial charge in [-0.05, 0) is 6.92 Å². The maximum absolute atomic E-state index is 9.89. The SMILES string of the molecule is C=CC(=O)O.CCOC(N)=O.O=C1CO[C-]=N1. The molecule has 96 valence electrons. The Morgan fingerprint density at radius 3 is 2.35 bits per heavy atom. The second-order valence-corrected chi connectivity index (χ2v) is 2.18. The highest BCUT2D eigenvalue weighted by Gasteiger charge is 1.87. The molecule has 0 atom stereocenters. The first-order valence-electron chi connectivity index (χ1n) is 4.32. The highest BCUT2D eigenvalue weighted by molar-refractivity contribution is 5.88. The van der Waals surface area contributed by atoms with Crippen LogP contribution in [0.2, 0.25) is 0 Å². The van der Waals surface area contributed by atoms with Crippen molar-refractivity contribution in [1.29, 1.82) is 0 Å². The van der Waals surface area contributed by atoms with Crippen LogP contribution < -0.4 is 5.73 Å². The van der Waals surface area contributed by atoms with Crippen LogP contribution in [0.3, 0.4) is 0 Å². The first kappa shape index (κ1) is 17.0. The quantitative estimate of drug-likeness (QED) is 0.512. The van der Waals surface area contributed by atoms with Crippen molar-refractivity contribution in [2.75, 3.05) is 13.2 Å². The molecular weight excluding hydrogens is 232 g/mol. The van der Waals surface area contributed by atoms with E-state index in [4.69, 9.17) is 5.11 Å². The van der Waals surface area contributed by atoms with E-state index in [1.54, 1.807) is 6.92 Å². The molecule has 8 heteroatoms. The van der Waals surface area contributed by atoms with Gasteiger partial charge in [0.2, 0.25) is 0 Å². The van der Waals surface area contributed by atoms with Crippen LogP contribution in [0.15, 0.2) is 17.6 Å². The Morgan fingerprint density at radius 1 is 1.76 bits per heavy atom. The summed E-state index contributed by atoms with van der Waals surface area (Å²) in [4.78, 5) is 31.9. The number of primary amides is 1. The first-order valence-corrected chi connectivity index (χ1v) is 4.32. The van der Waals surface area contributed by atoms with Crippen LogP contribution >= 0.6 is 0 Å². The van der Waals surface area contributed by atoms with Gasteiger partial charge in [-0.2, -0.15) is 0 Å². The summed E-state index contributed by atoms with van der Waals surface area (Å²) in [6, 6.07) is 0. The van der Waals surface area contributed by atoms with Gasteiger partial charge in [0.25, 0.3) is 0 Å². The van der Waals surface area contributed by atoms with Gasteiger partial charge in [0.1, 0.15) is 5.91 Å². The van der Waals surface area contributed by atoms with Crippen LogP contribution in [-0.4, -0.2) is 42.7 Å². The van der Waals surface area contributed by atoms with Crippen molar-refractivity contribution in [3.05, 3.63) is 12.7 Å². The number of nitrogens with two attached hydrogens (primary N) is 1. The monoisotopic (exact) mass is 245 g/mol. The number of hydrogen-bond donors (Lipinski definition) is 2. The molecule has 0 aromatic carbocycles. The van der Waals surface area contributed by atoms with Gasteiger partial charge in [-0.25, -0.2) is 9.59 Å². The molecule has 0 saturated carbocycles. The van der Waals surface area contributed by atoms with E-state index in [0.717, 1.165) is 6.08 Å². The van der Waals surface area contributed by atoms with Crippen LogP contribution in [0, 0.1) is 0 Å². The molecule has 0 saturated heterocycles. The molecule has 17 heavy (non-hydrogen) atoms. The standard InChI is InChI=1S/C3H2NO2.C3H7NO2.C3H4O2/c5-3-1-6-2-4-3;1-2-6-3(4)5;1-2-3(4)5/h1H2;2H2,1H3,(H2,4,5);2H,1H2,(H,4,5)/q-1;;. The minimum atomic E-state index is -0.981. The fraction of sp³-hybridized carbons (Fsp3) is 0.333. The lowest BCUT2D eigenvalue weighted by Crippen LogP contribution is -2.11. The second-order valence-electron chi connectivity index (χ2n) is 2.18. The summed E-state index contributed by atoms with van der Waals surface area (Å²) in [6.07, 6.45) is 2.17. The maximum atomic E-state index is 9.89. The van der Waals surface area contributed by atoms with Gasteiger partial charge in [0.05, 0.1) is 13.2 Å². The van der Waals surface area contributed by atoms with Crippen LogP contribution in [-0.2, 0) is 19.1 Å². The molecule has 0 aromatic heterocycles. The summed E-state index contributed by atoms with van der Waals surface area (Å²) in [5.41, 5.74) is 4.54. The summed E-state index contributed by atoms with van der Waals surface area (Å²) in [5.74, 6) is -1.24. The Bertz CT molecular complexity index is 300. The largest absolute Gasteiger partial charge is 0.581 e. The van der Waals surface area contributed by atoms with E-state index in [1.165, 1.54) is 0 Å². The van der Waals surface area contributed by atoms with E-state index in [9.17, 15) is 14.4 Å². The van der Waals surface area contributed by atoms with Gasteiger partial charge in [-0.15, -0.1) is 0 Å². The van der Waals surface area contributed by atoms with E-state index in [2.05, 4.69) is 26.8 Å².